The lowest BCUT2D eigenvalue weighted by Crippen LogP contribution is -2.17. The van der Waals surface area contributed by atoms with Gasteiger partial charge >= 0.3 is 0 Å². The van der Waals surface area contributed by atoms with E-state index in [0.29, 0.717) is 36.8 Å². The van der Waals surface area contributed by atoms with Crippen LogP contribution in [0, 0.1) is 0 Å². The Hall–Kier alpha value is -3.33. The predicted octanol–water partition coefficient (Wildman–Crippen LogP) is 4.02. The smallest absolute Gasteiger partial charge is 0.241 e. The normalized spacial score (nSPS) is 11.1. The van der Waals surface area contributed by atoms with E-state index in [1.807, 2.05) is 36.4 Å². The molecule has 0 radical (unpaired) electrons. The molecule has 8 heteroatoms. The molecule has 0 atom stereocenters. The van der Waals surface area contributed by atoms with E-state index in [1.54, 1.807) is 37.5 Å². The summed E-state index contributed by atoms with van der Waals surface area (Å²) in [5, 5.41) is 12.0. The van der Waals surface area contributed by atoms with Gasteiger partial charge in [0.2, 0.25) is 10.0 Å². The number of nitrogens with one attached hydrogen (secondary N) is 2. The molecule has 3 aromatic rings. The minimum atomic E-state index is -4.06. The fourth-order valence-corrected chi connectivity index (χ4v) is 3.81. The minimum absolute atomic E-state index is 0.0956. The lowest BCUT2D eigenvalue weighted by Gasteiger charge is -2.18. The molecule has 32 heavy (non-hydrogen) atoms. The Morgan fingerprint density at radius 1 is 0.969 bits per heavy atom. The molecule has 7 nitrogen and oxygen atoms in total. The van der Waals surface area contributed by atoms with Gasteiger partial charge in [-0.1, -0.05) is 36.4 Å². The zero-order valence-electron chi connectivity index (χ0n) is 17.9. The molecule has 0 aromatic heterocycles. The Morgan fingerprint density at radius 2 is 1.66 bits per heavy atom. The van der Waals surface area contributed by atoms with E-state index in [1.165, 1.54) is 6.07 Å². The number of anilines is 1. The van der Waals surface area contributed by atoms with Crippen LogP contribution in [-0.2, 0) is 23.1 Å². The summed E-state index contributed by atoms with van der Waals surface area (Å²) in [5.41, 5.74) is 2.30. The molecule has 0 heterocycles. The van der Waals surface area contributed by atoms with Gasteiger partial charge in [0.05, 0.1) is 12.8 Å². The molecule has 0 spiro atoms. The molecule has 3 rings (SSSR count). The SMILES string of the molecule is C=CCNCc1cc(NCc2ccccc2)c(Oc2ccc(OC)cc2)c(S(N)(=O)=O)c1. The fourth-order valence-electron chi connectivity index (χ4n) is 3.08. The maximum atomic E-state index is 12.5. The second-order valence-corrected chi connectivity index (χ2v) is 8.58. The quantitative estimate of drug-likeness (QED) is 0.299. The van der Waals surface area contributed by atoms with Crippen LogP contribution in [0.2, 0.25) is 0 Å². The summed E-state index contributed by atoms with van der Waals surface area (Å²) in [4.78, 5) is -0.0956. The Morgan fingerprint density at radius 3 is 2.28 bits per heavy atom. The third-order valence-corrected chi connectivity index (χ3v) is 5.56. The van der Waals surface area contributed by atoms with Crippen molar-refractivity contribution in [3.8, 4) is 17.2 Å². The molecule has 4 N–H and O–H groups in total. The van der Waals surface area contributed by atoms with E-state index >= 15 is 0 Å². The zero-order valence-corrected chi connectivity index (χ0v) is 18.7. The van der Waals surface area contributed by atoms with Crippen LogP contribution >= 0.6 is 0 Å². The van der Waals surface area contributed by atoms with Gasteiger partial charge in [0.25, 0.3) is 0 Å². The second-order valence-electron chi connectivity index (χ2n) is 7.05. The van der Waals surface area contributed by atoms with E-state index in [2.05, 4.69) is 17.2 Å². The van der Waals surface area contributed by atoms with Crippen molar-refractivity contribution in [1.82, 2.24) is 5.32 Å². The first-order valence-corrected chi connectivity index (χ1v) is 11.6. The van der Waals surface area contributed by atoms with Crippen LogP contribution in [0.1, 0.15) is 11.1 Å². The largest absolute Gasteiger partial charge is 0.497 e. The van der Waals surface area contributed by atoms with Crippen molar-refractivity contribution >= 4 is 15.7 Å². The molecule has 0 saturated heterocycles. The Labute approximate surface area is 188 Å². The molecule has 3 aromatic carbocycles. The molecule has 0 aliphatic carbocycles. The molecular weight excluding hydrogens is 426 g/mol. The first-order valence-electron chi connectivity index (χ1n) is 10.0. The number of nitrogens with two attached hydrogens (primary N) is 1. The van der Waals surface area contributed by atoms with Crippen LogP contribution in [0.25, 0.3) is 0 Å². The van der Waals surface area contributed by atoms with Crippen molar-refractivity contribution in [2.45, 2.75) is 18.0 Å². The van der Waals surface area contributed by atoms with Gasteiger partial charge in [0, 0.05) is 19.6 Å². The highest BCUT2D eigenvalue weighted by Crippen LogP contribution is 2.37. The summed E-state index contributed by atoms with van der Waals surface area (Å²) in [6, 6.07) is 20.0. The third kappa shape index (κ3) is 6.34. The van der Waals surface area contributed by atoms with Crippen LogP contribution in [0.5, 0.6) is 17.2 Å². The monoisotopic (exact) mass is 453 g/mol. The van der Waals surface area contributed by atoms with Gasteiger partial charge in [-0.15, -0.1) is 6.58 Å². The highest BCUT2D eigenvalue weighted by atomic mass is 32.2. The molecule has 0 aliphatic rings. The number of ether oxygens (including phenoxy) is 2. The Bertz CT molecular complexity index is 1150. The van der Waals surface area contributed by atoms with Crippen molar-refractivity contribution in [2.24, 2.45) is 5.14 Å². The summed E-state index contributed by atoms with van der Waals surface area (Å²) < 4.78 is 36.1. The topological polar surface area (TPSA) is 103 Å². The number of methoxy groups -OCH3 is 1. The van der Waals surface area contributed by atoms with Gasteiger partial charge in [-0.05, 0) is 47.5 Å². The van der Waals surface area contributed by atoms with E-state index < -0.39 is 10.0 Å². The summed E-state index contributed by atoms with van der Waals surface area (Å²) in [7, 11) is -2.49. The maximum Gasteiger partial charge on any atom is 0.241 e. The molecule has 0 aliphatic heterocycles. The number of sulfonamides is 1. The first kappa shape index (κ1) is 23.3. The van der Waals surface area contributed by atoms with Crippen molar-refractivity contribution < 1.29 is 17.9 Å². The van der Waals surface area contributed by atoms with Gasteiger partial charge in [0.15, 0.2) is 5.75 Å². The maximum absolute atomic E-state index is 12.5. The minimum Gasteiger partial charge on any atom is -0.497 e. The summed E-state index contributed by atoms with van der Waals surface area (Å²) in [6.07, 6.45) is 1.73. The van der Waals surface area contributed by atoms with Crippen LogP contribution in [0.15, 0.2) is 84.3 Å². The van der Waals surface area contributed by atoms with Crippen LogP contribution in [-0.4, -0.2) is 22.1 Å². The van der Waals surface area contributed by atoms with Crippen molar-refractivity contribution in [2.75, 3.05) is 19.0 Å². The summed E-state index contributed by atoms with van der Waals surface area (Å²) in [5.74, 6) is 1.26. The van der Waals surface area contributed by atoms with Gasteiger partial charge in [-0.25, -0.2) is 13.6 Å². The van der Waals surface area contributed by atoms with Gasteiger partial charge in [-0.2, -0.15) is 0 Å². The molecular formula is C24H27N3O4S. The molecule has 0 bridgehead atoms. The molecule has 0 unspecified atom stereocenters. The Kier molecular flexibility index (Phi) is 7.88. The number of hydrogen-bond donors (Lipinski definition) is 3. The highest BCUT2D eigenvalue weighted by Gasteiger charge is 2.22. The van der Waals surface area contributed by atoms with Crippen molar-refractivity contribution in [1.29, 1.82) is 0 Å². The Balaban J connectivity index is 2.02. The highest BCUT2D eigenvalue weighted by molar-refractivity contribution is 7.89. The number of hydrogen-bond acceptors (Lipinski definition) is 6. The van der Waals surface area contributed by atoms with Crippen LogP contribution in [0.3, 0.4) is 0 Å². The van der Waals surface area contributed by atoms with Crippen LogP contribution < -0.4 is 25.2 Å². The van der Waals surface area contributed by atoms with E-state index in [-0.39, 0.29) is 10.6 Å². The molecule has 168 valence electrons. The lowest BCUT2D eigenvalue weighted by atomic mass is 10.1. The number of primary sulfonamides is 1. The van der Waals surface area contributed by atoms with E-state index in [4.69, 9.17) is 14.6 Å². The molecule has 0 saturated carbocycles. The molecule has 0 fully saturated rings. The van der Waals surface area contributed by atoms with Crippen LogP contribution in [0.4, 0.5) is 5.69 Å². The van der Waals surface area contributed by atoms with Crippen molar-refractivity contribution in [3.05, 3.63) is 90.5 Å². The zero-order chi connectivity index (χ0) is 23.0. The van der Waals surface area contributed by atoms with E-state index in [9.17, 15) is 8.42 Å². The average Bonchev–Trinajstić information content (AvgIpc) is 2.79. The van der Waals surface area contributed by atoms with Gasteiger partial charge in [-0.3, -0.25) is 0 Å². The third-order valence-electron chi connectivity index (χ3n) is 4.64. The lowest BCUT2D eigenvalue weighted by molar-refractivity contribution is 0.412. The summed E-state index contributed by atoms with van der Waals surface area (Å²) in [6.45, 7) is 5.19. The number of rotatable bonds is 11. The summed E-state index contributed by atoms with van der Waals surface area (Å²) >= 11 is 0. The molecule has 0 amide bonds. The first-order chi connectivity index (χ1) is 15.4. The average molecular weight is 454 g/mol. The van der Waals surface area contributed by atoms with E-state index in [0.717, 1.165) is 11.1 Å². The number of benzene rings is 3. The predicted molar refractivity (Wildman–Crippen MR) is 127 cm³/mol. The van der Waals surface area contributed by atoms with Crippen molar-refractivity contribution in [3.63, 3.8) is 0 Å². The van der Waals surface area contributed by atoms with Gasteiger partial charge < -0.3 is 20.1 Å². The van der Waals surface area contributed by atoms with Gasteiger partial charge in [0.1, 0.15) is 16.4 Å². The standard InChI is InChI=1S/C24H27N3O4S/c1-3-13-26-16-19-14-22(27-17-18-7-5-4-6-8-18)24(23(15-19)32(25,28)29)31-21-11-9-20(30-2)10-12-21/h3-12,14-15,26-27H,1,13,16-17H2,2H3,(H2,25,28,29). The second kappa shape index (κ2) is 10.8. The fraction of sp³-hybridized carbons (Fsp3) is 0.167.